The average Bonchev–Trinajstić information content (AvgIpc) is 2.47. The summed E-state index contributed by atoms with van der Waals surface area (Å²) in [6.45, 7) is 4.27. The molecular weight excluding hydrogens is 166 g/mol. The van der Waals surface area contributed by atoms with Gasteiger partial charge in [0.15, 0.2) is 0 Å². The third-order valence-electron chi connectivity index (χ3n) is 2.05. The molecule has 1 aromatic heterocycles. The van der Waals surface area contributed by atoms with E-state index in [1.807, 2.05) is 11.3 Å². The molecule has 0 spiro atoms. The standard InChI is InChI=1S/C10H17NS/c1-3-9-6-7-12-10(9)5-4-8(2)11/h6-8H,3-5,11H2,1-2H3/t8-/m0/s1. The number of hydrogen-bond acceptors (Lipinski definition) is 2. The van der Waals surface area contributed by atoms with Crippen LogP contribution >= 0.6 is 11.3 Å². The second kappa shape index (κ2) is 4.63. The molecule has 1 atom stereocenters. The number of nitrogens with two attached hydrogens (primary N) is 1. The Balaban J connectivity index is 2.50. The van der Waals surface area contributed by atoms with Crippen LogP contribution in [-0.4, -0.2) is 6.04 Å². The van der Waals surface area contributed by atoms with Crippen LogP contribution < -0.4 is 5.73 Å². The predicted molar refractivity (Wildman–Crippen MR) is 55.7 cm³/mol. The molecule has 0 unspecified atom stereocenters. The summed E-state index contributed by atoms with van der Waals surface area (Å²) in [5.41, 5.74) is 7.21. The highest BCUT2D eigenvalue weighted by atomic mass is 32.1. The highest BCUT2D eigenvalue weighted by Gasteiger charge is 2.03. The lowest BCUT2D eigenvalue weighted by atomic mass is 10.1. The van der Waals surface area contributed by atoms with Gasteiger partial charge in [-0.25, -0.2) is 0 Å². The lowest BCUT2D eigenvalue weighted by Gasteiger charge is -2.04. The van der Waals surface area contributed by atoms with Crippen LogP contribution in [0.1, 0.15) is 30.7 Å². The van der Waals surface area contributed by atoms with Crippen LogP contribution in [0.2, 0.25) is 0 Å². The molecule has 12 heavy (non-hydrogen) atoms. The molecule has 68 valence electrons. The van der Waals surface area contributed by atoms with Crippen LogP contribution in [0.3, 0.4) is 0 Å². The summed E-state index contributed by atoms with van der Waals surface area (Å²) in [5.74, 6) is 0. The maximum Gasteiger partial charge on any atom is 0.00776 e. The summed E-state index contributed by atoms with van der Waals surface area (Å²) in [4.78, 5) is 1.52. The van der Waals surface area contributed by atoms with Crippen molar-refractivity contribution in [2.45, 2.75) is 39.2 Å². The van der Waals surface area contributed by atoms with Gasteiger partial charge >= 0.3 is 0 Å². The van der Waals surface area contributed by atoms with Gasteiger partial charge in [0.1, 0.15) is 0 Å². The molecule has 0 fully saturated rings. The molecule has 1 heterocycles. The molecule has 0 aliphatic heterocycles. The third-order valence-corrected chi connectivity index (χ3v) is 3.07. The summed E-state index contributed by atoms with van der Waals surface area (Å²) >= 11 is 1.86. The second-order valence-corrected chi connectivity index (χ2v) is 4.24. The molecular formula is C10H17NS. The minimum absolute atomic E-state index is 0.330. The SMILES string of the molecule is CCc1ccsc1CC[C@H](C)N. The molecule has 0 radical (unpaired) electrons. The summed E-state index contributed by atoms with van der Waals surface area (Å²) in [7, 11) is 0. The Kier molecular flexibility index (Phi) is 3.76. The van der Waals surface area contributed by atoms with Crippen molar-refractivity contribution in [2.75, 3.05) is 0 Å². The largest absolute Gasteiger partial charge is 0.328 e. The fourth-order valence-electron chi connectivity index (χ4n) is 1.26. The van der Waals surface area contributed by atoms with Crippen molar-refractivity contribution in [3.8, 4) is 0 Å². The quantitative estimate of drug-likeness (QED) is 0.763. The van der Waals surface area contributed by atoms with Gasteiger partial charge in [-0.05, 0) is 43.2 Å². The van der Waals surface area contributed by atoms with Gasteiger partial charge in [-0.3, -0.25) is 0 Å². The smallest absolute Gasteiger partial charge is 0.00776 e. The third kappa shape index (κ3) is 2.61. The van der Waals surface area contributed by atoms with Crippen molar-refractivity contribution in [1.82, 2.24) is 0 Å². The molecule has 0 saturated carbocycles. The van der Waals surface area contributed by atoms with Crippen LogP contribution in [0.25, 0.3) is 0 Å². The first kappa shape index (κ1) is 9.75. The van der Waals surface area contributed by atoms with Gasteiger partial charge in [-0.15, -0.1) is 11.3 Å². The average molecular weight is 183 g/mol. The van der Waals surface area contributed by atoms with Gasteiger partial charge in [0.2, 0.25) is 0 Å². The first-order valence-electron chi connectivity index (χ1n) is 4.54. The highest BCUT2D eigenvalue weighted by molar-refractivity contribution is 7.10. The lowest BCUT2D eigenvalue weighted by Crippen LogP contribution is -2.15. The number of hydrogen-bond donors (Lipinski definition) is 1. The first-order chi connectivity index (χ1) is 5.74. The Morgan fingerprint density at radius 3 is 2.92 bits per heavy atom. The Morgan fingerprint density at radius 2 is 2.33 bits per heavy atom. The Morgan fingerprint density at radius 1 is 1.58 bits per heavy atom. The molecule has 0 aliphatic rings. The van der Waals surface area contributed by atoms with Gasteiger partial charge in [0, 0.05) is 10.9 Å². The zero-order valence-corrected chi connectivity index (χ0v) is 8.66. The van der Waals surface area contributed by atoms with Gasteiger partial charge < -0.3 is 5.73 Å². The zero-order chi connectivity index (χ0) is 8.97. The van der Waals surface area contributed by atoms with Crippen LogP contribution in [0.4, 0.5) is 0 Å². The Hall–Kier alpha value is -0.340. The number of rotatable bonds is 4. The summed E-state index contributed by atoms with van der Waals surface area (Å²) < 4.78 is 0. The van der Waals surface area contributed by atoms with E-state index < -0.39 is 0 Å². The van der Waals surface area contributed by atoms with E-state index in [2.05, 4.69) is 25.3 Å². The first-order valence-corrected chi connectivity index (χ1v) is 5.42. The van der Waals surface area contributed by atoms with Crippen molar-refractivity contribution in [1.29, 1.82) is 0 Å². The summed E-state index contributed by atoms with van der Waals surface area (Å²) in [6.07, 6.45) is 3.41. The van der Waals surface area contributed by atoms with E-state index in [0.29, 0.717) is 6.04 Å². The summed E-state index contributed by atoms with van der Waals surface area (Å²) in [6, 6.07) is 2.55. The highest BCUT2D eigenvalue weighted by Crippen LogP contribution is 2.19. The van der Waals surface area contributed by atoms with E-state index in [9.17, 15) is 0 Å². The van der Waals surface area contributed by atoms with Crippen molar-refractivity contribution in [3.63, 3.8) is 0 Å². The fourth-order valence-corrected chi connectivity index (χ4v) is 2.26. The minimum atomic E-state index is 0.330. The van der Waals surface area contributed by atoms with E-state index in [1.165, 1.54) is 10.4 Å². The van der Waals surface area contributed by atoms with Crippen molar-refractivity contribution in [2.24, 2.45) is 5.73 Å². The molecule has 2 N–H and O–H groups in total. The molecule has 1 nitrogen and oxygen atoms in total. The molecule has 0 aliphatic carbocycles. The van der Waals surface area contributed by atoms with Crippen LogP contribution in [0.5, 0.6) is 0 Å². The summed E-state index contributed by atoms with van der Waals surface area (Å²) in [5, 5.41) is 2.18. The molecule has 2 heteroatoms. The van der Waals surface area contributed by atoms with Gasteiger partial charge in [0.05, 0.1) is 0 Å². The van der Waals surface area contributed by atoms with Gasteiger partial charge in [-0.2, -0.15) is 0 Å². The molecule has 0 saturated heterocycles. The molecule has 0 aromatic carbocycles. The molecule has 0 bridgehead atoms. The number of thiophene rings is 1. The van der Waals surface area contributed by atoms with Gasteiger partial charge in [-0.1, -0.05) is 6.92 Å². The molecule has 0 amide bonds. The van der Waals surface area contributed by atoms with Gasteiger partial charge in [0.25, 0.3) is 0 Å². The van der Waals surface area contributed by atoms with Crippen molar-refractivity contribution < 1.29 is 0 Å². The van der Waals surface area contributed by atoms with E-state index in [1.54, 1.807) is 0 Å². The maximum absolute atomic E-state index is 5.71. The lowest BCUT2D eigenvalue weighted by molar-refractivity contribution is 0.668. The predicted octanol–water partition coefficient (Wildman–Crippen LogP) is 2.59. The topological polar surface area (TPSA) is 26.0 Å². The fraction of sp³-hybridized carbons (Fsp3) is 0.600. The monoisotopic (exact) mass is 183 g/mol. The van der Waals surface area contributed by atoms with E-state index >= 15 is 0 Å². The van der Waals surface area contributed by atoms with Crippen molar-refractivity contribution >= 4 is 11.3 Å². The maximum atomic E-state index is 5.71. The van der Waals surface area contributed by atoms with E-state index in [0.717, 1.165) is 19.3 Å². The molecule has 1 aromatic rings. The van der Waals surface area contributed by atoms with Crippen LogP contribution in [0, 0.1) is 0 Å². The second-order valence-electron chi connectivity index (χ2n) is 3.24. The normalized spacial score (nSPS) is 13.2. The molecule has 1 rings (SSSR count). The van der Waals surface area contributed by atoms with Crippen LogP contribution in [0.15, 0.2) is 11.4 Å². The van der Waals surface area contributed by atoms with Crippen molar-refractivity contribution in [3.05, 3.63) is 21.9 Å². The number of aryl methyl sites for hydroxylation is 2. The zero-order valence-electron chi connectivity index (χ0n) is 7.84. The van der Waals surface area contributed by atoms with Crippen LogP contribution in [-0.2, 0) is 12.8 Å². The van der Waals surface area contributed by atoms with E-state index in [-0.39, 0.29) is 0 Å². The Bertz CT molecular complexity index is 227. The van der Waals surface area contributed by atoms with E-state index in [4.69, 9.17) is 5.73 Å². The minimum Gasteiger partial charge on any atom is -0.328 e. The Labute approximate surface area is 78.6 Å².